The number of carbonyl (C=O) groups is 1. The first-order valence-electron chi connectivity index (χ1n) is 4.96. The van der Waals surface area contributed by atoms with Gasteiger partial charge in [-0.15, -0.1) is 0 Å². The molecule has 1 aromatic carbocycles. The number of nitrogens with zero attached hydrogens (tertiary/aromatic N) is 1. The minimum atomic E-state index is -0.268. The molecule has 0 N–H and O–H groups in total. The lowest BCUT2D eigenvalue weighted by Crippen LogP contribution is -2.32. The van der Waals surface area contributed by atoms with Crippen LogP contribution in [0.2, 0.25) is 0 Å². The van der Waals surface area contributed by atoms with Gasteiger partial charge in [-0.05, 0) is 32.4 Å². The number of hydrogen-bond donors (Lipinski definition) is 1. The molecule has 0 saturated carbocycles. The molecule has 3 heteroatoms. The predicted molar refractivity (Wildman–Crippen MR) is 67.8 cm³/mol. The molecule has 0 fully saturated rings. The molecule has 1 aromatic rings. The number of aryl methyl sites for hydroxylation is 2. The van der Waals surface area contributed by atoms with Gasteiger partial charge in [-0.2, -0.15) is 12.6 Å². The predicted octanol–water partition coefficient (Wildman–Crippen LogP) is 2.58. The Morgan fingerprint density at radius 1 is 1.40 bits per heavy atom. The molecule has 0 aromatic heterocycles. The maximum absolute atomic E-state index is 11.7. The number of anilines is 1. The number of carbonyl (C=O) groups excluding carboxylic acids is 1. The summed E-state index contributed by atoms with van der Waals surface area (Å²) in [4.78, 5) is 13.4. The van der Waals surface area contributed by atoms with E-state index >= 15 is 0 Å². The fraction of sp³-hybridized carbons (Fsp3) is 0.417. The van der Waals surface area contributed by atoms with E-state index in [0.717, 1.165) is 11.3 Å². The summed E-state index contributed by atoms with van der Waals surface area (Å²) in [6.07, 6.45) is 0. The molecule has 0 aliphatic rings. The van der Waals surface area contributed by atoms with Crippen LogP contribution in [0.1, 0.15) is 18.1 Å². The normalized spacial score (nSPS) is 12.3. The van der Waals surface area contributed by atoms with E-state index in [4.69, 9.17) is 0 Å². The fourth-order valence-corrected chi connectivity index (χ4v) is 1.75. The van der Waals surface area contributed by atoms with Crippen molar-refractivity contribution in [1.29, 1.82) is 0 Å². The molecule has 0 spiro atoms. The summed E-state index contributed by atoms with van der Waals surface area (Å²) in [5.41, 5.74) is 3.27. The van der Waals surface area contributed by atoms with Gasteiger partial charge in [0.1, 0.15) is 0 Å². The van der Waals surface area contributed by atoms with Crippen molar-refractivity contribution in [1.82, 2.24) is 0 Å². The Bertz CT molecular complexity index is 374. The Labute approximate surface area is 96.7 Å². The van der Waals surface area contributed by atoms with E-state index < -0.39 is 0 Å². The number of thiol groups is 1. The first-order valence-corrected chi connectivity index (χ1v) is 5.48. The quantitative estimate of drug-likeness (QED) is 0.764. The van der Waals surface area contributed by atoms with Crippen molar-refractivity contribution < 1.29 is 4.79 Å². The number of amides is 1. The summed E-state index contributed by atoms with van der Waals surface area (Å²) in [6, 6.07) is 6.05. The molecule has 1 rings (SSSR count). The van der Waals surface area contributed by atoms with Gasteiger partial charge in [-0.25, -0.2) is 0 Å². The van der Waals surface area contributed by atoms with Crippen LogP contribution < -0.4 is 4.90 Å². The second-order valence-electron chi connectivity index (χ2n) is 3.86. The van der Waals surface area contributed by atoms with E-state index in [-0.39, 0.29) is 11.2 Å². The van der Waals surface area contributed by atoms with Crippen molar-refractivity contribution in [3.63, 3.8) is 0 Å². The molecule has 0 saturated heterocycles. The molecule has 1 unspecified atom stereocenters. The van der Waals surface area contributed by atoms with Crippen LogP contribution in [0, 0.1) is 13.8 Å². The average molecular weight is 223 g/mol. The Balaban J connectivity index is 3.01. The minimum absolute atomic E-state index is 0.0188. The van der Waals surface area contributed by atoms with Crippen LogP contribution in [0.25, 0.3) is 0 Å². The van der Waals surface area contributed by atoms with E-state index in [2.05, 4.69) is 18.7 Å². The van der Waals surface area contributed by atoms with Gasteiger partial charge in [0.15, 0.2) is 0 Å². The summed E-state index contributed by atoms with van der Waals surface area (Å²) in [7, 11) is 1.78. The van der Waals surface area contributed by atoms with Crippen molar-refractivity contribution >= 4 is 24.2 Å². The van der Waals surface area contributed by atoms with Gasteiger partial charge >= 0.3 is 0 Å². The molecular formula is C12H17NOS. The van der Waals surface area contributed by atoms with Crippen LogP contribution in [-0.2, 0) is 4.79 Å². The third-order valence-corrected chi connectivity index (χ3v) is 2.62. The summed E-state index contributed by atoms with van der Waals surface area (Å²) in [6.45, 7) is 5.83. The second kappa shape index (κ2) is 4.71. The van der Waals surface area contributed by atoms with Gasteiger partial charge in [0.05, 0.1) is 5.25 Å². The molecule has 0 heterocycles. The minimum Gasteiger partial charge on any atom is -0.314 e. The molecule has 0 bridgehead atoms. The smallest absolute Gasteiger partial charge is 0.239 e. The SMILES string of the molecule is Cc1ccc(N(C)C(=O)C(C)S)c(C)c1. The van der Waals surface area contributed by atoms with Gasteiger partial charge in [-0.3, -0.25) is 4.79 Å². The van der Waals surface area contributed by atoms with E-state index in [1.807, 2.05) is 26.0 Å². The van der Waals surface area contributed by atoms with Gasteiger partial charge in [0.25, 0.3) is 0 Å². The van der Waals surface area contributed by atoms with E-state index in [9.17, 15) is 4.79 Å². The molecular weight excluding hydrogens is 206 g/mol. The highest BCUT2D eigenvalue weighted by atomic mass is 32.1. The molecule has 2 nitrogen and oxygen atoms in total. The third kappa shape index (κ3) is 2.75. The molecule has 0 radical (unpaired) electrons. The summed E-state index contributed by atoms with van der Waals surface area (Å²) in [5.74, 6) is 0.0188. The van der Waals surface area contributed by atoms with Crippen LogP contribution in [0.5, 0.6) is 0 Å². The van der Waals surface area contributed by atoms with Crippen LogP contribution in [0.4, 0.5) is 5.69 Å². The van der Waals surface area contributed by atoms with Crippen molar-refractivity contribution in [3.8, 4) is 0 Å². The summed E-state index contributed by atoms with van der Waals surface area (Å²) < 4.78 is 0. The molecule has 0 aliphatic carbocycles. The first-order chi connectivity index (χ1) is 6.93. The third-order valence-electron chi connectivity index (χ3n) is 2.40. The Kier molecular flexibility index (Phi) is 3.80. The maximum atomic E-state index is 11.7. The van der Waals surface area contributed by atoms with Crippen LogP contribution in [-0.4, -0.2) is 18.2 Å². The maximum Gasteiger partial charge on any atom is 0.239 e. The van der Waals surface area contributed by atoms with Crippen molar-refractivity contribution in [2.75, 3.05) is 11.9 Å². The largest absolute Gasteiger partial charge is 0.314 e. The Morgan fingerprint density at radius 3 is 2.47 bits per heavy atom. The lowest BCUT2D eigenvalue weighted by Gasteiger charge is -2.21. The zero-order valence-electron chi connectivity index (χ0n) is 9.61. The van der Waals surface area contributed by atoms with Gasteiger partial charge < -0.3 is 4.90 Å². The molecule has 1 amide bonds. The Hall–Kier alpha value is -0.960. The van der Waals surface area contributed by atoms with E-state index in [1.54, 1.807) is 18.9 Å². The van der Waals surface area contributed by atoms with Crippen molar-refractivity contribution in [2.45, 2.75) is 26.0 Å². The standard InChI is InChI=1S/C12H17NOS/c1-8-5-6-11(9(2)7-8)13(4)12(14)10(3)15/h5-7,10,15H,1-4H3. The van der Waals surface area contributed by atoms with E-state index in [1.165, 1.54) is 5.56 Å². The highest BCUT2D eigenvalue weighted by molar-refractivity contribution is 7.81. The highest BCUT2D eigenvalue weighted by Crippen LogP contribution is 2.21. The van der Waals surface area contributed by atoms with Gasteiger partial charge in [0.2, 0.25) is 5.91 Å². The second-order valence-corrected chi connectivity index (χ2v) is 4.64. The number of benzene rings is 1. The first kappa shape index (κ1) is 12.1. The molecule has 82 valence electrons. The van der Waals surface area contributed by atoms with Crippen LogP contribution in [0.3, 0.4) is 0 Å². The number of hydrogen-bond acceptors (Lipinski definition) is 2. The van der Waals surface area contributed by atoms with Crippen molar-refractivity contribution in [2.24, 2.45) is 0 Å². The molecule has 0 aliphatic heterocycles. The summed E-state index contributed by atoms with van der Waals surface area (Å²) in [5, 5.41) is -0.268. The lowest BCUT2D eigenvalue weighted by atomic mass is 10.1. The average Bonchev–Trinajstić information content (AvgIpc) is 2.15. The molecule has 1 atom stereocenters. The van der Waals surface area contributed by atoms with Crippen LogP contribution in [0.15, 0.2) is 18.2 Å². The Morgan fingerprint density at radius 2 is 2.00 bits per heavy atom. The highest BCUT2D eigenvalue weighted by Gasteiger charge is 2.16. The fourth-order valence-electron chi connectivity index (χ4n) is 1.58. The topological polar surface area (TPSA) is 20.3 Å². The molecule has 15 heavy (non-hydrogen) atoms. The zero-order valence-corrected chi connectivity index (χ0v) is 10.5. The zero-order chi connectivity index (χ0) is 11.6. The van der Waals surface area contributed by atoms with E-state index in [0.29, 0.717) is 0 Å². The van der Waals surface area contributed by atoms with Gasteiger partial charge in [0, 0.05) is 12.7 Å². The lowest BCUT2D eigenvalue weighted by molar-refractivity contribution is -0.117. The number of rotatable bonds is 2. The van der Waals surface area contributed by atoms with Gasteiger partial charge in [-0.1, -0.05) is 17.7 Å². The van der Waals surface area contributed by atoms with Crippen molar-refractivity contribution in [3.05, 3.63) is 29.3 Å². The monoisotopic (exact) mass is 223 g/mol. The summed E-state index contributed by atoms with van der Waals surface area (Å²) >= 11 is 4.15. The van der Waals surface area contributed by atoms with Crippen LogP contribution >= 0.6 is 12.6 Å².